The van der Waals surface area contributed by atoms with Gasteiger partial charge in [-0.25, -0.2) is 4.98 Å². The summed E-state index contributed by atoms with van der Waals surface area (Å²) in [5.41, 5.74) is 3.57. The first kappa shape index (κ1) is 21.2. The van der Waals surface area contributed by atoms with E-state index < -0.39 is 0 Å². The number of hydrogen-bond donors (Lipinski definition) is 0. The van der Waals surface area contributed by atoms with Gasteiger partial charge in [0.2, 0.25) is 5.78 Å². The monoisotopic (exact) mass is 455 g/mol. The molecular formula is C27H25N3O2S. The maximum atomic E-state index is 13.4. The molecule has 1 fully saturated rings. The minimum Gasteiger partial charge on any atom is -0.497 e. The van der Waals surface area contributed by atoms with Crippen molar-refractivity contribution in [2.75, 3.05) is 43.1 Å². The molecule has 5 nitrogen and oxygen atoms in total. The third kappa shape index (κ3) is 4.47. The summed E-state index contributed by atoms with van der Waals surface area (Å²) in [6, 6.07) is 27.7. The van der Waals surface area contributed by atoms with Gasteiger partial charge in [0.05, 0.1) is 12.8 Å². The van der Waals surface area contributed by atoms with Crippen molar-refractivity contribution < 1.29 is 9.53 Å². The summed E-state index contributed by atoms with van der Waals surface area (Å²) in [5.74, 6) is 0.787. The van der Waals surface area contributed by atoms with Crippen molar-refractivity contribution in [1.82, 2.24) is 4.98 Å². The number of rotatable bonds is 6. The number of nitrogens with zero attached hydrogens (tertiary/aromatic N) is 3. The number of ether oxygens (including phenoxy) is 1. The Hall–Kier alpha value is -3.64. The predicted molar refractivity (Wildman–Crippen MR) is 135 cm³/mol. The van der Waals surface area contributed by atoms with Crippen LogP contribution in [0, 0.1) is 0 Å². The van der Waals surface area contributed by atoms with Gasteiger partial charge in [-0.1, -0.05) is 59.9 Å². The number of benzene rings is 3. The maximum Gasteiger partial charge on any atom is 0.205 e. The molecule has 1 aliphatic rings. The summed E-state index contributed by atoms with van der Waals surface area (Å²) in [6.07, 6.45) is 0. The SMILES string of the molecule is COc1ccc(-c2nc(N3CCN(c4ccccc4)CC3)sc2C(=O)c2ccccc2)cc1. The van der Waals surface area contributed by atoms with Crippen molar-refractivity contribution in [2.45, 2.75) is 0 Å². The molecule has 33 heavy (non-hydrogen) atoms. The molecule has 3 aromatic carbocycles. The highest BCUT2D eigenvalue weighted by Gasteiger charge is 2.25. The Morgan fingerprint density at radius 1 is 0.818 bits per heavy atom. The largest absolute Gasteiger partial charge is 0.497 e. The summed E-state index contributed by atoms with van der Waals surface area (Å²) in [5, 5.41) is 0.896. The van der Waals surface area contributed by atoms with Crippen molar-refractivity contribution in [2.24, 2.45) is 0 Å². The molecular weight excluding hydrogens is 430 g/mol. The molecule has 166 valence electrons. The lowest BCUT2D eigenvalue weighted by atomic mass is 10.1. The molecule has 0 aliphatic carbocycles. The van der Waals surface area contributed by atoms with Crippen LogP contribution in [0.15, 0.2) is 84.9 Å². The van der Waals surface area contributed by atoms with Crippen molar-refractivity contribution in [1.29, 1.82) is 0 Å². The third-order valence-corrected chi connectivity index (χ3v) is 7.01. The minimum atomic E-state index is 0.00749. The van der Waals surface area contributed by atoms with Crippen LogP contribution in [0.25, 0.3) is 11.3 Å². The quantitative estimate of drug-likeness (QED) is 0.366. The second-order valence-electron chi connectivity index (χ2n) is 7.91. The van der Waals surface area contributed by atoms with Crippen LogP contribution in [0.1, 0.15) is 15.2 Å². The van der Waals surface area contributed by atoms with Gasteiger partial charge >= 0.3 is 0 Å². The fraction of sp³-hybridized carbons (Fsp3) is 0.185. The van der Waals surface area contributed by atoms with Crippen molar-refractivity contribution in [3.63, 3.8) is 0 Å². The van der Waals surface area contributed by atoms with Crippen LogP contribution in [0.2, 0.25) is 0 Å². The Bertz CT molecular complexity index is 1220. The average Bonchev–Trinajstić information content (AvgIpc) is 3.35. The number of para-hydroxylation sites is 1. The van der Waals surface area contributed by atoms with Gasteiger partial charge in [-0.2, -0.15) is 0 Å². The molecule has 5 rings (SSSR count). The second kappa shape index (κ2) is 9.46. The number of aromatic nitrogens is 1. The summed E-state index contributed by atoms with van der Waals surface area (Å²) in [6.45, 7) is 3.57. The molecule has 2 heterocycles. The standard InChI is InChI=1S/C27H25N3O2S/c1-32-23-14-12-20(13-15-23)24-26(25(31)21-8-4-2-5-9-21)33-27(28-24)30-18-16-29(17-19-30)22-10-6-3-7-11-22/h2-15H,16-19H2,1H3. The summed E-state index contributed by atoms with van der Waals surface area (Å²) < 4.78 is 5.30. The summed E-state index contributed by atoms with van der Waals surface area (Å²) in [7, 11) is 1.65. The van der Waals surface area contributed by atoms with Gasteiger partial charge < -0.3 is 14.5 Å². The van der Waals surface area contributed by atoms with Crippen LogP contribution in [0.5, 0.6) is 5.75 Å². The minimum absolute atomic E-state index is 0.00749. The second-order valence-corrected chi connectivity index (χ2v) is 8.88. The highest BCUT2D eigenvalue weighted by molar-refractivity contribution is 7.18. The van der Waals surface area contributed by atoms with Crippen LogP contribution >= 0.6 is 11.3 Å². The van der Waals surface area contributed by atoms with Gasteiger partial charge in [-0.3, -0.25) is 4.79 Å². The summed E-state index contributed by atoms with van der Waals surface area (Å²) >= 11 is 1.49. The molecule has 0 saturated carbocycles. The Kier molecular flexibility index (Phi) is 6.09. The molecule has 0 unspecified atom stereocenters. The van der Waals surface area contributed by atoms with Gasteiger partial charge in [0.15, 0.2) is 5.13 Å². The third-order valence-electron chi connectivity index (χ3n) is 5.89. The van der Waals surface area contributed by atoms with E-state index in [4.69, 9.17) is 9.72 Å². The Balaban J connectivity index is 1.45. The predicted octanol–water partition coefficient (Wildman–Crippen LogP) is 5.38. The number of thiazole rings is 1. The van der Waals surface area contributed by atoms with Crippen molar-refractivity contribution >= 4 is 27.9 Å². The molecule has 1 saturated heterocycles. The van der Waals surface area contributed by atoms with Gasteiger partial charge in [0.1, 0.15) is 10.6 Å². The lowest BCUT2D eigenvalue weighted by Crippen LogP contribution is -2.46. The smallest absolute Gasteiger partial charge is 0.205 e. The van der Waals surface area contributed by atoms with Crippen LogP contribution in [0.3, 0.4) is 0 Å². The normalized spacial score (nSPS) is 13.7. The molecule has 6 heteroatoms. The van der Waals surface area contributed by atoms with E-state index in [9.17, 15) is 4.79 Å². The Labute approximate surface area is 197 Å². The number of carbonyl (C=O) groups excluding carboxylic acids is 1. The lowest BCUT2D eigenvalue weighted by molar-refractivity contribution is 0.104. The molecule has 0 N–H and O–H groups in total. The topological polar surface area (TPSA) is 45.7 Å². The lowest BCUT2D eigenvalue weighted by Gasteiger charge is -2.36. The number of methoxy groups -OCH3 is 1. The van der Waals surface area contributed by atoms with Gasteiger partial charge in [-0.05, 0) is 36.4 Å². The Morgan fingerprint density at radius 3 is 2.06 bits per heavy atom. The van der Waals surface area contributed by atoms with Crippen LogP contribution in [0.4, 0.5) is 10.8 Å². The zero-order valence-corrected chi connectivity index (χ0v) is 19.3. The molecule has 1 aliphatic heterocycles. The maximum absolute atomic E-state index is 13.4. The molecule has 1 aromatic heterocycles. The first-order chi connectivity index (χ1) is 16.2. The van der Waals surface area contributed by atoms with Crippen LogP contribution < -0.4 is 14.5 Å². The Morgan fingerprint density at radius 2 is 1.42 bits per heavy atom. The van der Waals surface area contributed by atoms with E-state index in [1.165, 1.54) is 17.0 Å². The molecule has 0 radical (unpaired) electrons. The number of anilines is 2. The molecule has 0 bridgehead atoms. The van der Waals surface area contributed by atoms with E-state index in [2.05, 4.69) is 34.1 Å². The van der Waals surface area contributed by atoms with E-state index in [0.29, 0.717) is 10.4 Å². The number of hydrogen-bond acceptors (Lipinski definition) is 6. The average molecular weight is 456 g/mol. The van der Waals surface area contributed by atoms with E-state index in [1.807, 2.05) is 60.7 Å². The first-order valence-electron chi connectivity index (χ1n) is 11.0. The van der Waals surface area contributed by atoms with Crippen LogP contribution in [-0.2, 0) is 0 Å². The molecule has 0 atom stereocenters. The number of ketones is 1. The molecule has 0 spiro atoms. The highest BCUT2D eigenvalue weighted by atomic mass is 32.1. The van der Waals surface area contributed by atoms with Gasteiger partial charge in [0, 0.05) is 43.0 Å². The zero-order valence-electron chi connectivity index (χ0n) is 18.5. The highest BCUT2D eigenvalue weighted by Crippen LogP contribution is 2.36. The zero-order chi connectivity index (χ0) is 22.6. The fourth-order valence-corrected chi connectivity index (χ4v) is 5.16. The first-order valence-corrected chi connectivity index (χ1v) is 11.8. The van der Waals surface area contributed by atoms with E-state index in [0.717, 1.165) is 48.3 Å². The molecule has 4 aromatic rings. The van der Waals surface area contributed by atoms with Gasteiger partial charge in [-0.15, -0.1) is 0 Å². The number of carbonyl (C=O) groups is 1. The van der Waals surface area contributed by atoms with E-state index in [-0.39, 0.29) is 5.78 Å². The van der Waals surface area contributed by atoms with E-state index in [1.54, 1.807) is 7.11 Å². The number of piperazine rings is 1. The van der Waals surface area contributed by atoms with Crippen molar-refractivity contribution in [3.05, 3.63) is 95.4 Å². The van der Waals surface area contributed by atoms with Crippen molar-refractivity contribution in [3.8, 4) is 17.0 Å². The van der Waals surface area contributed by atoms with Crippen LogP contribution in [-0.4, -0.2) is 44.1 Å². The summed E-state index contributed by atoms with van der Waals surface area (Å²) in [4.78, 5) is 23.7. The molecule has 0 amide bonds. The fourth-order valence-electron chi connectivity index (χ4n) is 4.06. The van der Waals surface area contributed by atoms with Gasteiger partial charge in [0.25, 0.3) is 0 Å². The van der Waals surface area contributed by atoms with E-state index >= 15 is 0 Å².